The van der Waals surface area contributed by atoms with Crippen molar-refractivity contribution in [3.8, 4) is 0 Å². The number of esters is 2. The Hall–Kier alpha value is -0.950. The topological polar surface area (TPSA) is 119 Å². The highest BCUT2D eigenvalue weighted by Gasteiger charge is 2.42. The molecular weight excluding hydrogens is 315 g/mol. The quantitative estimate of drug-likeness (QED) is 0.369. The molecule has 0 saturated heterocycles. The third kappa shape index (κ3) is 6.87. The van der Waals surface area contributed by atoms with Crippen LogP contribution in [0.25, 0.3) is 0 Å². The van der Waals surface area contributed by atoms with Crippen molar-refractivity contribution in [2.24, 2.45) is 10.8 Å². The smallest absolute Gasteiger partial charge is 0.469 e. The minimum Gasteiger partial charge on any atom is -0.469 e. The van der Waals surface area contributed by atoms with Gasteiger partial charge in [0.2, 0.25) is 0 Å². The van der Waals surface area contributed by atoms with Gasteiger partial charge in [-0.15, -0.1) is 0 Å². The van der Waals surface area contributed by atoms with Crippen LogP contribution in [0.4, 0.5) is 0 Å². The van der Waals surface area contributed by atoms with Crippen LogP contribution >= 0.6 is 7.82 Å². The van der Waals surface area contributed by atoms with Crippen molar-refractivity contribution in [3.63, 3.8) is 0 Å². The summed E-state index contributed by atoms with van der Waals surface area (Å²) in [5, 5.41) is 0. The van der Waals surface area contributed by atoms with Crippen LogP contribution in [0.15, 0.2) is 0 Å². The number of rotatable bonds is 9. The van der Waals surface area contributed by atoms with Gasteiger partial charge in [-0.05, 0) is 33.6 Å². The zero-order valence-electron chi connectivity index (χ0n) is 13.6. The number of phosphoric ester groups is 1. The van der Waals surface area contributed by atoms with E-state index in [0.717, 1.165) is 0 Å². The minimum atomic E-state index is -4.57. The maximum atomic E-state index is 12.1. The van der Waals surface area contributed by atoms with E-state index in [1.165, 1.54) is 7.11 Å². The first kappa shape index (κ1) is 21.0. The predicted octanol–water partition coefficient (Wildman–Crippen LogP) is 1.64. The van der Waals surface area contributed by atoms with Crippen molar-refractivity contribution in [3.05, 3.63) is 0 Å². The van der Waals surface area contributed by atoms with Crippen LogP contribution in [-0.4, -0.2) is 42.0 Å². The van der Waals surface area contributed by atoms with Gasteiger partial charge in [0.25, 0.3) is 0 Å². The number of ether oxygens (including phenoxy) is 2. The second kappa shape index (κ2) is 8.06. The summed E-state index contributed by atoms with van der Waals surface area (Å²) in [6.07, 6.45) is 0.721. The van der Waals surface area contributed by atoms with E-state index in [0.29, 0.717) is 6.42 Å². The van der Waals surface area contributed by atoms with Crippen LogP contribution in [0, 0.1) is 10.8 Å². The fourth-order valence-electron chi connectivity index (χ4n) is 2.12. The van der Waals surface area contributed by atoms with E-state index in [1.807, 2.05) is 6.92 Å². The highest BCUT2D eigenvalue weighted by atomic mass is 31.2. The number of hydrogen-bond acceptors (Lipinski definition) is 6. The van der Waals surface area contributed by atoms with Gasteiger partial charge in [0.05, 0.1) is 24.5 Å². The molecule has 130 valence electrons. The zero-order chi connectivity index (χ0) is 17.6. The molecule has 0 aliphatic heterocycles. The Balaban J connectivity index is 4.62. The highest BCUT2D eigenvalue weighted by molar-refractivity contribution is 7.46. The zero-order valence-corrected chi connectivity index (χ0v) is 14.5. The molecule has 0 aliphatic rings. The lowest BCUT2D eigenvalue weighted by atomic mass is 9.72. The van der Waals surface area contributed by atoms with Crippen LogP contribution < -0.4 is 0 Å². The molecule has 0 fully saturated rings. The fourth-order valence-corrected chi connectivity index (χ4v) is 2.43. The van der Waals surface area contributed by atoms with Crippen molar-refractivity contribution in [1.82, 2.24) is 0 Å². The van der Waals surface area contributed by atoms with Gasteiger partial charge in [-0.25, -0.2) is 4.57 Å². The lowest BCUT2D eigenvalue weighted by Gasteiger charge is -2.33. The molecule has 0 heterocycles. The van der Waals surface area contributed by atoms with Gasteiger partial charge in [0.15, 0.2) is 0 Å². The van der Waals surface area contributed by atoms with Gasteiger partial charge < -0.3 is 19.3 Å². The van der Waals surface area contributed by atoms with Crippen molar-refractivity contribution in [2.75, 3.05) is 20.3 Å². The Morgan fingerprint density at radius 2 is 1.64 bits per heavy atom. The normalized spacial score (nSPS) is 15.0. The molecule has 0 aliphatic carbocycles. The number of methoxy groups -OCH3 is 1. The van der Waals surface area contributed by atoms with E-state index in [9.17, 15) is 14.2 Å². The second-order valence-corrected chi connectivity index (χ2v) is 7.17. The largest absolute Gasteiger partial charge is 0.469 e. The third-order valence-electron chi connectivity index (χ3n) is 3.42. The first-order chi connectivity index (χ1) is 9.88. The Kier molecular flexibility index (Phi) is 7.71. The van der Waals surface area contributed by atoms with Gasteiger partial charge in [0.1, 0.15) is 6.61 Å². The summed E-state index contributed by atoms with van der Waals surface area (Å²) in [6, 6.07) is 0. The third-order valence-corrected chi connectivity index (χ3v) is 3.94. The Bertz CT molecular complexity index is 441. The molecule has 0 rings (SSSR count). The van der Waals surface area contributed by atoms with Crippen LogP contribution in [0.1, 0.15) is 40.5 Å². The summed E-state index contributed by atoms with van der Waals surface area (Å²) >= 11 is 0. The molecule has 0 radical (unpaired) electrons. The average Bonchev–Trinajstić information content (AvgIpc) is 2.40. The van der Waals surface area contributed by atoms with E-state index < -0.39 is 37.2 Å². The summed E-state index contributed by atoms with van der Waals surface area (Å²) in [6.45, 7) is 6.12. The summed E-state index contributed by atoms with van der Waals surface area (Å²) in [4.78, 5) is 41.0. The lowest BCUT2D eigenvalue weighted by molar-refractivity contribution is -0.162. The summed E-state index contributed by atoms with van der Waals surface area (Å²) in [7, 11) is -3.28. The van der Waals surface area contributed by atoms with Gasteiger partial charge in [-0.3, -0.25) is 14.1 Å². The van der Waals surface area contributed by atoms with Crippen LogP contribution in [0.2, 0.25) is 0 Å². The Morgan fingerprint density at radius 3 is 2.05 bits per heavy atom. The summed E-state index contributed by atoms with van der Waals surface area (Å²) in [5.41, 5.74) is -1.78. The number of carbonyl (C=O) groups excluding carboxylic acids is 2. The maximum absolute atomic E-state index is 12.1. The molecule has 8 nitrogen and oxygen atoms in total. The van der Waals surface area contributed by atoms with E-state index in [4.69, 9.17) is 19.3 Å². The molecular formula is C13H25O8P. The molecule has 2 N–H and O–H groups in total. The molecule has 0 spiro atoms. The van der Waals surface area contributed by atoms with Crippen molar-refractivity contribution in [1.29, 1.82) is 0 Å². The molecule has 1 unspecified atom stereocenters. The van der Waals surface area contributed by atoms with Crippen molar-refractivity contribution >= 4 is 19.8 Å². The first-order valence-electron chi connectivity index (χ1n) is 6.84. The molecule has 22 heavy (non-hydrogen) atoms. The summed E-state index contributed by atoms with van der Waals surface area (Å²) in [5.74, 6) is -0.980. The lowest BCUT2D eigenvalue weighted by Crippen LogP contribution is -2.38. The molecule has 0 aromatic heterocycles. The summed E-state index contributed by atoms with van der Waals surface area (Å²) < 4.78 is 24.4. The molecule has 1 atom stereocenters. The van der Waals surface area contributed by atoms with Gasteiger partial charge in [-0.1, -0.05) is 6.92 Å². The number of phosphoric acid groups is 1. The van der Waals surface area contributed by atoms with Gasteiger partial charge in [0, 0.05) is 0 Å². The molecule has 0 amide bonds. The maximum Gasteiger partial charge on any atom is 0.469 e. The van der Waals surface area contributed by atoms with Gasteiger partial charge >= 0.3 is 19.8 Å². The van der Waals surface area contributed by atoms with Crippen LogP contribution in [-0.2, 0) is 28.2 Å². The van der Waals surface area contributed by atoms with Gasteiger partial charge in [-0.2, -0.15) is 0 Å². The molecule has 0 saturated carbocycles. The van der Waals surface area contributed by atoms with E-state index in [1.54, 1.807) is 20.8 Å². The van der Waals surface area contributed by atoms with E-state index >= 15 is 0 Å². The average molecular weight is 340 g/mol. The standard InChI is InChI=1S/C13H25O8P/c1-6-13(4,11(15)19-5)9-12(2,3)10(14)20-7-8-21-22(16,17)18/h6-9H2,1-5H3,(H2,16,17,18). The Morgan fingerprint density at radius 1 is 1.09 bits per heavy atom. The molecule has 0 aromatic carbocycles. The Labute approximate surface area is 130 Å². The van der Waals surface area contributed by atoms with E-state index in [2.05, 4.69) is 4.52 Å². The molecule has 9 heteroatoms. The van der Waals surface area contributed by atoms with Crippen molar-refractivity contribution < 1.29 is 37.9 Å². The number of hydrogen-bond donors (Lipinski definition) is 2. The molecule has 0 aromatic rings. The molecule has 0 bridgehead atoms. The van der Waals surface area contributed by atoms with Crippen LogP contribution in [0.3, 0.4) is 0 Å². The predicted molar refractivity (Wildman–Crippen MR) is 77.8 cm³/mol. The minimum absolute atomic E-state index is 0.224. The monoisotopic (exact) mass is 340 g/mol. The van der Waals surface area contributed by atoms with Crippen LogP contribution in [0.5, 0.6) is 0 Å². The van der Waals surface area contributed by atoms with Crippen molar-refractivity contribution in [2.45, 2.75) is 40.5 Å². The fraction of sp³-hybridized carbons (Fsp3) is 0.846. The SMILES string of the molecule is CCC(C)(CC(C)(C)C(=O)OCCOP(=O)(O)O)C(=O)OC. The highest BCUT2D eigenvalue weighted by Crippen LogP contribution is 2.38. The first-order valence-corrected chi connectivity index (χ1v) is 8.37. The second-order valence-electron chi connectivity index (χ2n) is 5.93. The van der Waals surface area contributed by atoms with E-state index in [-0.39, 0.29) is 13.0 Å². The number of carbonyl (C=O) groups is 2.